The molecule has 0 atom stereocenters. The van der Waals surface area contributed by atoms with Gasteiger partial charge >= 0.3 is 5.97 Å². The number of hydrogen-bond acceptors (Lipinski definition) is 9. The zero-order valence-corrected chi connectivity index (χ0v) is 23.3. The number of carbonyl (C=O) groups is 1. The topological polar surface area (TPSA) is 89.1 Å². The molecule has 10 heteroatoms. The van der Waals surface area contributed by atoms with E-state index in [2.05, 4.69) is 41.0 Å². The summed E-state index contributed by atoms with van der Waals surface area (Å²) in [6.07, 6.45) is 5.09. The first kappa shape index (κ1) is 26.6. The van der Waals surface area contributed by atoms with Crippen molar-refractivity contribution < 1.29 is 19.0 Å². The van der Waals surface area contributed by atoms with Crippen LogP contribution in [0.15, 0.2) is 47.2 Å². The number of nitrogens with zero attached hydrogens (tertiary/aromatic N) is 4. The molecule has 1 saturated carbocycles. The summed E-state index contributed by atoms with van der Waals surface area (Å²) < 4.78 is 18.7. The van der Waals surface area contributed by atoms with Crippen molar-refractivity contribution in [2.24, 2.45) is 0 Å². The fourth-order valence-electron chi connectivity index (χ4n) is 4.58. The summed E-state index contributed by atoms with van der Waals surface area (Å²) in [5.74, 6) is 2.00. The van der Waals surface area contributed by atoms with E-state index >= 15 is 0 Å². The number of esters is 1. The van der Waals surface area contributed by atoms with Crippen LogP contribution in [0.3, 0.4) is 0 Å². The predicted octanol–water partition coefficient (Wildman–Crippen LogP) is 4.63. The Bertz CT molecular complexity index is 1250. The number of anilines is 2. The molecule has 2 fully saturated rings. The molecule has 1 N–H and O–H groups in total. The molecule has 5 rings (SSSR count). The van der Waals surface area contributed by atoms with Gasteiger partial charge in [-0.15, -0.1) is 0 Å². The van der Waals surface area contributed by atoms with Crippen LogP contribution in [0.1, 0.15) is 26.2 Å². The van der Waals surface area contributed by atoms with Gasteiger partial charge in [-0.1, -0.05) is 22.0 Å². The van der Waals surface area contributed by atoms with Crippen LogP contribution in [0.25, 0.3) is 10.9 Å². The highest BCUT2D eigenvalue weighted by Crippen LogP contribution is 2.37. The third-order valence-electron chi connectivity index (χ3n) is 6.92. The summed E-state index contributed by atoms with van der Waals surface area (Å²) in [6.45, 7) is 7.43. The van der Waals surface area contributed by atoms with Crippen molar-refractivity contribution in [2.45, 2.75) is 32.3 Å². The minimum atomic E-state index is -0.154. The number of piperazine rings is 1. The van der Waals surface area contributed by atoms with E-state index in [1.54, 1.807) is 6.33 Å². The van der Waals surface area contributed by atoms with Crippen molar-refractivity contribution in [2.75, 3.05) is 57.8 Å². The van der Waals surface area contributed by atoms with Crippen molar-refractivity contribution in [3.8, 4) is 11.5 Å². The fourth-order valence-corrected chi connectivity index (χ4v) is 4.98. The molecule has 0 radical (unpaired) electrons. The van der Waals surface area contributed by atoms with Crippen LogP contribution in [0.5, 0.6) is 11.5 Å². The van der Waals surface area contributed by atoms with Gasteiger partial charge in [-0.05, 0) is 50.5 Å². The molecule has 1 aliphatic heterocycles. The Morgan fingerprint density at radius 3 is 2.63 bits per heavy atom. The Morgan fingerprint density at radius 1 is 1.08 bits per heavy atom. The van der Waals surface area contributed by atoms with Gasteiger partial charge in [0.2, 0.25) is 0 Å². The molecule has 202 valence electrons. The number of benzene rings is 2. The van der Waals surface area contributed by atoms with Crippen LogP contribution in [0, 0.1) is 0 Å². The van der Waals surface area contributed by atoms with E-state index in [4.69, 9.17) is 14.2 Å². The zero-order chi connectivity index (χ0) is 26.3. The lowest BCUT2D eigenvalue weighted by Crippen LogP contribution is -2.49. The van der Waals surface area contributed by atoms with Crippen molar-refractivity contribution >= 4 is 44.3 Å². The first-order chi connectivity index (χ1) is 18.6. The summed E-state index contributed by atoms with van der Waals surface area (Å²) in [4.78, 5) is 25.3. The van der Waals surface area contributed by atoms with Crippen molar-refractivity contribution in [1.82, 2.24) is 19.8 Å². The van der Waals surface area contributed by atoms with Crippen LogP contribution in [-0.2, 0) is 9.53 Å². The van der Waals surface area contributed by atoms with E-state index in [1.165, 1.54) is 6.42 Å². The lowest BCUT2D eigenvalue weighted by molar-refractivity contribution is -0.144. The van der Waals surface area contributed by atoms with Gasteiger partial charge in [-0.3, -0.25) is 14.6 Å². The number of rotatable bonds is 11. The summed E-state index contributed by atoms with van der Waals surface area (Å²) in [6, 6.07) is 11.9. The second-order valence-corrected chi connectivity index (χ2v) is 10.5. The molecule has 38 heavy (non-hydrogen) atoms. The average molecular weight is 585 g/mol. The van der Waals surface area contributed by atoms with Gasteiger partial charge in [0.15, 0.2) is 11.5 Å². The van der Waals surface area contributed by atoms with E-state index in [0.29, 0.717) is 25.5 Å². The highest BCUT2D eigenvalue weighted by molar-refractivity contribution is 9.10. The minimum absolute atomic E-state index is 0.154. The van der Waals surface area contributed by atoms with Crippen molar-refractivity contribution in [3.05, 3.63) is 47.2 Å². The highest BCUT2D eigenvalue weighted by atomic mass is 79.9. The monoisotopic (exact) mass is 583 g/mol. The zero-order valence-electron chi connectivity index (χ0n) is 21.7. The lowest BCUT2D eigenvalue weighted by Gasteiger charge is -2.34. The number of ether oxygens (including phenoxy) is 3. The first-order valence-electron chi connectivity index (χ1n) is 13.3. The largest absolute Gasteiger partial charge is 0.488 e. The van der Waals surface area contributed by atoms with Gasteiger partial charge in [0, 0.05) is 54.3 Å². The highest BCUT2D eigenvalue weighted by Gasteiger charge is 2.23. The molecular formula is C28H34BrN5O4. The molecule has 0 unspecified atom stereocenters. The van der Waals surface area contributed by atoms with Crippen LogP contribution in [0.4, 0.5) is 11.5 Å². The summed E-state index contributed by atoms with van der Waals surface area (Å²) in [5, 5.41) is 4.29. The van der Waals surface area contributed by atoms with E-state index < -0.39 is 0 Å². The smallest absolute Gasteiger partial charge is 0.320 e. The Morgan fingerprint density at radius 2 is 1.89 bits per heavy atom. The summed E-state index contributed by atoms with van der Waals surface area (Å²) >= 11 is 3.52. The van der Waals surface area contributed by atoms with Gasteiger partial charge in [0.05, 0.1) is 24.8 Å². The molecule has 2 aromatic carbocycles. The Labute approximate surface area is 231 Å². The van der Waals surface area contributed by atoms with Crippen LogP contribution in [-0.4, -0.2) is 84.3 Å². The van der Waals surface area contributed by atoms with E-state index in [9.17, 15) is 4.79 Å². The molecule has 2 heterocycles. The maximum Gasteiger partial charge on any atom is 0.320 e. The molecule has 1 aromatic heterocycles. The van der Waals surface area contributed by atoms with Gasteiger partial charge in [0.1, 0.15) is 18.8 Å². The molecule has 9 nitrogen and oxygen atoms in total. The van der Waals surface area contributed by atoms with Crippen LogP contribution < -0.4 is 14.8 Å². The fraction of sp³-hybridized carbons (Fsp3) is 0.464. The predicted molar refractivity (Wildman–Crippen MR) is 150 cm³/mol. The van der Waals surface area contributed by atoms with E-state index in [1.807, 2.05) is 43.3 Å². The van der Waals surface area contributed by atoms with E-state index in [-0.39, 0.29) is 12.1 Å². The molecular weight excluding hydrogens is 550 g/mol. The quantitative estimate of drug-likeness (QED) is 0.324. The first-order valence-corrected chi connectivity index (χ1v) is 14.1. The third kappa shape index (κ3) is 6.92. The minimum Gasteiger partial charge on any atom is -0.488 e. The van der Waals surface area contributed by atoms with Gasteiger partial charge in [-0.25, -0.2) is 9.97 Å². The number of aromatic nitrogens is 2. The van der Waals surface area contributed by atoms with Crippen LogP contribution in [0.2, 0.25) is 0 Å². The molecule has 0 bridgehead atoms. The van der Waals surface area contributed by atoms with E-state index in [0.717, 1.165) is 78.2 Å². The number of fused-ring (bicyclic) bond motifs is 1. The third-order valence-corrected chi connectivity index (χ3v) is 7.42. The molecule has 0 spiro atoms. The number of hydrogen-bond donors (Lipinski definition) is 1. The second-order valence-electron chi connectivity index (χ2n) is 9.62. The number of nitrogens with one attached hydrogen (secondary N) is 1. The van der Waals surface area contributed by atoms with Crippen molar-refractivity contribution in [3.63, 3.8) is 0 Å². The maximum absolute atomic E-state index is 11.8. The second kappa shape index (κ2) is 12.7. The Hall–Kier alpha value is -2.95. The number of halogens is 1. The van der Waals surface area contributed by atoms with Crippen molar-refractivity contribution in [1.29, 1.82) is 0 Å². The number of carbonyl (C=O) groups excluding carboxylic acids is 1. The summed E-state index contributed by atoms with van der Waals surface area (Å²) in [7, 11) is 0. The standard InChI is InChI=1S/C28H34BrN5O4/c1-2-36-27(35)18-34-11-9-33(10-12-34)13-14-37-25-17-24-23(16-26(25)38-22-7-4-8-22)28(31-19-30-24)32-21-6-3-5-20(29)15-21/h3,5-6,15-17,19,22H,2,4,7-14,18H2,1H3,(H,30,31,32). The normalized spacial score (nSPS) is 16.7. The molecule has 1 saturated heterocycles. The molecule has 3 aromatic rings. The molecule has 0 amide bonds. The molecule has 1 aliphatic carbocycles. The van der Waals surface area contributed by atoms with Gasteiger partial charge in [0.25, 0.3) is 0 Å². The van der Waals surface area contributed by atoms with Gasteiger partial charge < -0.3 is 19.5 Å². The average Bonchev–Trinajstić information content (AvgIpc) is 2.88. The Balaban J connectivity index is 1.25. The maximum atomic E-state index is 11.8. The molecule has 2 aliphatic rings. The Kier molecular flexibility index (Phi) is 8.93. The summed E-state index contributed by atoms with van der Waals surface area (Å²) in [5.41, 5.74) is 1.73. The van der Waals surface area contributed by atoms with Gasteiger partial charge in [-0.2, -0.15) is 0 Å². The SMILES string of the molecule is CCOC(=O)CN1CCN(CCOc2cc3ncnc(Nc4cccc(Br)c4)c3cc2OC2CCC2)CC1. The van der Waals surface area contributed by atoms with Crippen LogP contribution >= 0.6 is 15.9 Å². The lowest BCUT2D eigenvalue weighted by atomic mass is 9.96.